The average molecular weight is 483 g/mol. The highest BCUT2D eigenvalue weighted by molar-refractivity contribution is 6.28. The summed E-state index contributed by atoms with van der Waals surface area (Å²) in [7, 11) is 1.61. The molecule has 1 saturated carbocycles. The third kappa shape index (κ3) is 3.63. The normalized spacial score (nSPS) is 17.9. The van der Waals surface area contributed by atoms with Crippen LogP contribution in [0, 0.1) is 11.2 Å². The first kappa shape index (κ1) is 21.5. The number of benzene rings is 1. The van der Waals surface area contributed by atoms with Crippen molar-refractivity contribution in [3.63, 3.8) is 0 Å². The molecule has 1 aliphatic carbocycles. The Morgan fingerprint density at radius 2 is 2.12 bits per heavy atom. The van der Waals surface area contributed by atoms with Gasteiger partial charge in [0, 0.05) is 31.7 Å². The Kier molecular flexibility index (Phi) is 5.07. The van der Waals surface area contributed by atoms with E-state index in [0.29, 0.717) is 39.7 Å². The van der Waals surface area contributed by atoms with Crippen LogP contribution >= 0.6 is 11.6 Å². The molecular weight excluding hydrogens is 459 g/mol. The van der Waals surface area contributed by atoms with Gasteiger partial charge in [-0.1, -0.05) is 6.07 Å². The Balaban J connectivity index is 1.01. The van der Waals surface area contributed by atoms with Gasteiger partial charge in [-0.05, 0) is 67.6 Å². The van der Waals surface area contributed by atoms with E-state index in [4.69, 9.17) is 16.3 Å². The van der Waals surface area contributed by atoms with Gasteiger partial charge in [-0.25, -0.2) is 9.37 Å². The maximum Gasteiger partial charge on any atom is 0.262 e. The van der Waals surface area contributed by atoms with Gasteiger partial charge in [0.1, 0.15) is 29.5 Å². The van der Waals surface area contributed by atoms with Crippen LogP contribution in [0.1, 0.15) is 24.8 Å². The third-order valence-corrected chi connectivity index (χ3v) is 7.47. The summed E-state index contributed by atoms with van der Waals surface area (Å²) in [6, 6.07) is 7.19. The van der Waals surface area contributed by atoms with Crippen molar-refractivity contribution in [1.29, 1.82) is 0 Å². The molecule has 34 heavy (non-hydrogen) atoms. The van der Waals surface area contributed by atoms with Gasteiger partial charge in [0.25, 0.3) is 5.56 Å². The van der Waals surface area contributed by atoms with E-state index in [1.165, 1.54) is 17.1 Å². The summed E-state index contributed by atoms with van der Waals surface area (Å²) in [5.74, 6) is 0.397. The molecule has 0 N–H and O–H groups in total. The average Bonchev–Trinajstić information content (AvgIpc) is 3.21. The number of pyridine rings is 1. The zero-order chi connectivity index (χ0) is 23.4. The molecule has 176 valence electrons. The largest absolute Gasteiger partial charge is 0.488 e. The smallest absolute Gasteiger partial charge is 0.262 e. The molecule has 0 radical (unpaired) electrons. The van der Waals surface area contributed by atoms with Gasteiger partial charge >= 0.3 is 0 Å². The predicted molar refractivity (Wildman–Crippen MR) is 126 cm³/mol. The lowest BCUT2D eigenvalue weighted by Gasteiger charge is -2.58. The van der Waals surface area contributed by atoms with Crippen LogP contribution in [0.5, 0.6) is 5.75 Å². The van der Waals surface area contributed by atoms with Crippen LogP contribution in [-0.2, 0) is 13.5 Å². The number of hydrogen-bond acceptors (Lipinski definition) is 6. The number of rotatable bonds is 6. The maximum absolute atomic E-state index is 14.3. The Labute approximate surface area is 199 Å². The van der Waals surface area contributed by atoms with E-state index >= 15 is 0 Å². The van der Waals surface area contributed by atoms with Crippen molar-refractivity contribution in [3.8, 4) is 5.75 Å². The highest BCUT2D eigenvalue weighted by Gasteiger charge is 2.53. The SMILES string of the molecule is Cn1c(Cl)nc2c(OC3CC4(C3)CN(CCCc3cc5nncn5cc3F)C4)cccc2c1=O. The van der Waals surface area contributed by atoms with Crippen molar-refractivity contribution >= 4 is 28.2 Å². The first-order valence-electron chi connectivity index (χ1n) is 11.4. The standard InChI is InChI=1S/C24H24ClFN6O2/c1-30-22(33)17-5-2-6-19(21(17)28-23(30)25)34-16-9-24(10-16)12-31(13-24)7-3-4-15-8-20-29-27-14-32(20)11-18(15)26/h2,5-6,8,11,14,16H,3-4,7,9-10,12-13H2,1H3. The maximum atomic E-state index is 14.3. The molecule has 8 nitrogen and oxygen atoms in total. The molecule has 1 spiro atoms. The molecule has 6 rings (SSSR count). The van der Waals surface area contributed by atoms with Crippen molar-refractivity contribution in [1.82, 2.24) is 29.0 Å². The molecular formula is C24H24ClFN6O2. The number of aromatic nitrogens is 5. The van der Waals surface area contributed by atoms with Crippen molar-refractivity contribution in [2.75, 3.05) is 19.6 Å². The molecule has 0 bridgehead atoms. The minimum Gasteiger partial charge on any atom is -0.488 e. The van der Waals surface area contributed by atoms with Gasteiger partial charge in [-0.15, -0.1) is 10.2 Å². The first-order valence-corrected chi connectivity index (χ1v) is 11.8. The number of para-hydroxylation sites is 1. The number of likely N-dealkylation sites (tertiary alicyclic amines) is 1. The highest BCUT2D eigenvalue weighted by Crippen LogP contribution is 2.50. The summed E-state index contributed by atoms with van der Waals surface area (Å²) < 4.78 is 23.4. The number of nitrogens with zero attached hydrogens (tertiary/aromatic N) is 6. The minimum atomic E-state index is -0.214. The summed E-state index contributed by atoms with van der Waals surface area (Å²) >= 11 is 6.12. The molecule has 1 saturated heterocycles. The second-order valence-electron chi connectivity index (χ2n) is 9.60. The van der Waals surface area contributed by atoms with E-state index < -0.39 is 0 Å². The van der Waals surface area contributed by atoms with Crippen molar-refractivity contribution < 1.29 is 9.13 Å². The van der Waals surface area contributed by atoms with Gasteiger partial charge in [0.2, 0.25) is 5.28 Å². The van der Waals surface area contributed by atoms with E-state index in [1.807, 2.05) is 12.1 Å². The van der Waals surface area contributed by atoms with Gasteiger partial charge in [-0.2, -0.15) is 0 Å². The van der Waals surface area contributed by atoms with Crippen molar-refractivity contribution in [2.24, 2.45) is 12.5 Å². The fourth-order valence-electron chi connectivity index (χ4n) is 5.39. The van der Waals surface area contributed by atoms with Crippen molar-refractivity contribution in [2.45, 2.75) is 31.8 Å². The predicted octanol–water partition coefficient (Wildman–Crippen LogP) is 3.24. The van der Waals surface area contributed by atoms with Crippen molar-refractivity contribution in [3.05, 3.63) is 63.8 Å². The molecule has 1 aromatic carbocycles. The van der Waals surface area contributed by atoms with Gasteiger partial charge in [-0.3, -0.25) is 13.8 Å². The molecule has 4 heterocycles. The van der Waals surface area contributed by atoms with Gasteiger partial charge in [0.15, 0.2) is 5.65 Å². The van der Waals surface area contributed by atoms with Crippen LogP contribution in [0.25, 0.3) is 16.6 Å². The van der Waals surface area contributed by atoms with E-state index in [-0.39, 0.29) is 22.8 Å². The lowest BCUT2D eigenvalue weighted by atomic mass is 9.61. The number of halogens is 2. The Bertz CT molecular complexity index is 1450. The third-order valence-electron chi connectivity index (χ3n) is 7.13. The summed E-state index contributed by atoms with van der Waals surface area (Å²) in [4.78, 5) is 19.2. The molecule has 2 fully saturated rings. The van der Waals surface area contributed by atoms with Crippen LogP contribution in [0.15, 0.2) is 41.6 Å². The lowest BCUT2D eigenvalue weighted by molar-refractivity contribution is -0.118. The summed E-state index contributed by atoms with van der Waals surface area (Å²) in [6.07, 6.45) is 6.60. The van der Waals surface area contributed by atoms with Crippen LogP contribution in [0.3, 0.4) is 0 Å². The Morgan fingerprint density at radius 3 is 2.94 bits per heavy atom. The molecule has 10 heteroatoms. The Morgan fingerprint density at radius 1 is 1.29 bits per heavy atom. The highest BCUT2D eigenvalue weighted by atomic mass is 35.5. The van der Waals surface area contributed by atoms with Crippen LogP contribution in [-0.4, -0.2) is 54.8 Å². The minimum absolute atomic E-state index is 0.112. The van der Waals surface area contributed by atoms with Gasteiger partial charge < -0.3 is 9.64 Å². The zero-order valence-corrected chi connectivity index (χ0v) is 19.5. The van der Waals surface area contributed by atoms with E-state index in [2.05, 4.69) is 20.1 Å². The molecule has 0 atom stereocenters. The fourth-order valence-corrected chi connectivity index (χ4v) is 5.55. The van der Waals surface area contributed by atoms with E-state index in [1.54, 1.807) is 23.6 Å². The van der Waals surface area contributed by atoms with Crippen LogP contribution in [0.2, 0.25) is 5.28 Å². The van der Waals surface area contributed by atoms with E-state index in [9.17, 15) is 9.18 Å². The Hall–Kier alpha value is -3.04. The summed E-state index contributed by atoms with van der Waals surface area (Å²) in [6.45, 7) is 3.02. The fraction of sp³-hybridized carbons (Fsp3) is 0.417. The molecule has 0 amide bonds. The first-order chi connectivity index (χ1) is 16.4. The lowest BCUT2D eigenvalue weighted by Crippen LogP contribution is -2.64. The number of ether oxygens (including phenoxy) is 1. The topological polar surface area (TPSA) is 77.6 Å². The second kappa shape index (κ2) is 8.02. The van der Waals surface area contributed by atoms with Crippen LogP contribution < -0.4 is 10.3 Å². The van der Waals surface area contributed by atoms with Crippen LogP contribution in [0.4, 0.5) is 4.39 Å². The van der Waals surface area contributed by atoms with Gasteiger partial charge in [0.05, 0.1) is 5.39 Å². The molecule has 4 aromatic rings. The molecule has 3 aromatic heterocycles. The number of hydrogen-bond donors (Lipinski definition) is 0. The quantitative estimate of drug-likeness (QED) is 0.393. The summed E-state index contributed by atoms with van der Waals surface area (Å²) in [5, 5.41) is 8.46. The zero-order valence-electron chi connectivity index (χ0n) is 18.7. The monoisotopic (exact) mass is 482 g/mol. The molecule has 2 aliphatic rings. The number of fused-ring (bicyclic) bond motifs is 2. The molecule has 1 aliphatic heterocycles. The summed E-state index contributed by atoms with van der Waals surface area (Å²) in [5.41, 5.74) is 2.00. The molecule has 0 unspecified atom stereocenters. The second-order valence-corrected chi connectivity index (χ2v) is 9.94. The van der Waals surface area contributed by atoms with E-state index in [0.717, 1.165) is 38.9 Å². The number of aryl methyl sites for hydroxylation is 1.